The van der Waals surface area contributed by atoms with E-state index in [9.17, 15) is 14.7 Å². The van der Waals surface area contributed by atoms with E-state index in [-0.39, 0.29) is 11.3 Å². The Morgan fingerprint density at radius 2 is 1.82 bits per heavy atom. The van der Waals surface area contributed by atoms with Gasteiger partial charge in [-0.2, -0.15) is 0 Å². The summed E-state index contributed by atoms with van der Waals surface area (Å²) in [6.07, 6.45) is 2.77. The van der Waals surface area contributed by atoms with Crippen molar-refractivity contribution in [2.45, 2.75) is 53.0 Å². The van der Waals surface area contributed by atoms with Crippen molar-refractivity contribution >= 4 is 17.4 Å². The van der Waals surface area contributed by atoms with Crippen LogP contribution in [0.5, 0.6) is 0 Å². The van der Waals surface area contributed by atoms with E-state index < -0.39 is 17.7 Å². The standard InChI is InChI=1S/C23H27NO4/c1-5-6-7-12-24-20(18-11-9-16(4)28-18)19(22(26)23(24)27)21(25)17-10-8-14(2)15(3)13-17/h8-11,13,20,25H,5-7,12H2,1-4H3/b21-19-. The zero-order valence-electron chi connectivity index (χ0n) is 16.9. The molecular formula is C23H27NO4. The van der Waals surface area contributed by atoms with Crippen molar-refractivity contribution < 1.29 is 19.1 Å². The molecule has 0 spiro atoms. The SMILES string of the molecule is CCCCCN1C(=O)C(=O)/C(=C(\O)c2ccc(C)c(C)c2)C1c1ccc(C)o1. The van der Waals surface area contributed by atoms with E-state index in [1.807, 2.05) is 32.9 Å². The molecule has 1 aliphatic rings. The second kappa shape index (κ2) is 8.05. The van der Waals surface area contributed by atoms with Crippen LogP contribution in [0.3, 0.4) is 0 Å². The van der Waals surface area contributed by atoms with Gasteiger partial charge in [-0.05, 0) is 56.5 Å². The maximum atomic E-state index is 12.9. The van der Waals surface area contributed by atoms with Gasteiger partial charge in [-0.15, -0.1) is 0 Å². The molecular weight excluding hydrogens is 354 g/mol. The van der Waals surface area contributed by atoms with Gasteiger partial charge in [-0.3, -0.25) is 9.59 Å². The second-order valence-electron chi connectivity index (χ2n) is 7.45. The molecule has 5 heteroatoms. The number of likely N-dealkylation sites (tertiary alicyclic amines) is 1. The minimum absolute atomic E-state index is 0.0964. The first-order chi connectivity index (χ1) is 13.3. The molecule has 0 aliphatic carbocycles. The molecule has 148 valence electrons. The molecule has 5 nitrogen and oxygen atoms in total. The highest BCUT2D eigenvalue weighted by atomic mass is 16.3. The average Bonchev–Trinajstić information content (AvgIpc) is 3.19. The smallest absolute Gasteiger partial charge is 0.295 e. The van der Waals surface area contributed by atoms with Crippen molar-refractivity contribution in [3.05, 3.63) is 64.1 Å². The third-order valence-electron chi connectivity index (χ3n) is 5.35. The van der Waals surface area contributed by atoms with Crippen LogP contribution >= 0.6 is 0 Å². The summed E-state index contributed by atoms with van der Waals surface area (Å²) in [6, 6.07) is 8.37. The Kier molecular flexibility index (Phi) is 5.73. The number of aryl methyl sites for hydroxylation is 3. The predicted molar refractivity (Wildman–Crippen MR) is 108 cm³/mol. The Balaban J connectivity index is 2.11. The maximum Gasteiger partial charge on any atom is 0.295 e. The number of furan rings is 1. The number of aliphatic hydroxyl groups is 1. The lowest BCUT2D eigenvalue weighted by Gasteiger charge is -2.23. The third kappa shape index (κ3) is 3.61. The fraction of sp³-hybridized carbons (Fsp3) is 0.391. The van der Waals surface area contributed by atoms with Gasteiger partial charge in [-0.1, -0.05) is 31.9 Å². The van der Waals surface area contributed by atoms with Gasteiger partial charge in [0, 0.05) is 12.1 Å². The van der Waals surface area contributed by atoms with Gasteiger partial charge in [0.05, 0.1) is 5.57 Å². The highest BCUT2D eigenvalue weighted by Crippen LogP contribution is 2.40. The summed E-state index contributed by atoms with van der Waals surface area (Å²) in [4.78, 5) is 27.1. The van der Waals surface area contributed by atoms with Crippen molar-refractivity contribution in [1.29, 1.82) is 0 Å². The van der Waals surface area contributed by atoms with Gasteiger partial charge in [-0.25, -0.2) is 0 Å². The average molecular weight is 381 g/mol. The summed E-state index contributed by atoms with van der Waals surface area (Å²) in [5.74, 6) is -0.204. The number of hydrogen-bond donors (Lipinski definition) is 1. The number of unbranched alkanes of at least 4 members (excludes halogenated alkanes) is 2. The van der Waals surface area contributed by atoms with Gasteiger partial charge < -0.3 is 14.4 Å². The lowest BCUT2D eigenvalue weighted by atomic mass is 9.97. The highest BCUT2D eigenvalue weighted by Gasteiger charge is 2.47. The molecule has 1 atom stereocenters. The van der Waals surface area contributed by atoms with Crippen LogP contribution in [-0.2, 0) is 9.59 Å². The van der Waals surface area contributed by atoms with Crippen LogP contribution in [0.4, 0.5) is 0 Å². The molecule has 3 rings (SSSR count). The summed E-state index contributed by atoms with van der Waals surface area (Å²) in [7, 11) is 0. The fourth-order valence-corrected chi connectivity index (χ4v) is 3.58. The maximum absolute atomic E-state index is 12.9. The van der Waals surface area contributed by atoms with Gasteiger partial charge in [0.1, 0.15) is 23.3 Å². The third-order valence-corrected chi connectivity index (χ3v) is 5.35. The number of hydrogen-bond acceptors (Lipinski definition) is 4. The quantitative estimate of drug-likeness (QED) is 0.337. The fourth-order valence-electron chi connectivity index (χ4n) is 3.58. The molecule has 0 radical (unpaired) electrons. The Labute approximate surface area is 165 Å². The molecule has 1 fully saturated rings. The molecule has 0 saturated carbocycles. The van der Waals surface area contributed by atoms with E-state index >= 15 is 0 Å². The van der Waals surface area contributed by atoms with Crippen molar-refractivity contribution in [3.8, 4) is 0 Å². The molecule has 1 aromatic carbocycles. The normalized spacial score (nSPS) is 18.9. The number of ketones is 1. The molecule has 1 amide bonds. The summed E-state index contributed by atoms with van der Waals surface area (Å²) < 4.78 is 5.77. The van der Waals surface area contributed by atoms with Crippen LogP contribution in [0, 0.1) is 20.8 Å². The topological polar surface area (TPSA) is 70.8 Å². The van der Waals surface area contributed by atoms with Crippen LogP contribution in [0.1, 0.15) is 60.4 Å². The monoisotopic (exact) mass is 381 g/mol. The number of nitrogens with zero attached hydrogens (tertiary/aromatic N) is 1. The van der Waals surface area contributed by atoms with Gasteiger partial charge in [0.15, 0.2) is 0 Å². The number of carbonyl (C=O) groups is 2. The largest absolute Gasteiger partial charge is 0.507 e. The van der Waals surface area contributed by atoms with Crippen LogP contribution < -0.4 is 0 Å². The molecule has 2 aromatic rings. The lowest BCUT2D eigenvalue weighted by Crippen LogP contribution is -2.30. The first kappa shape index (κ1) is 19.9. The number of aliphatic hydroxyl groups excluding tert-OH is 1. The van der Waals surface area contributed by atoms with Crippen LogP contribution in [0.25, 0.3) is 5.76 Å². The summed E-state index contributed by atoms with van der Waals surface area (Å²) in [5, 5.41) is 11.0. The summed E-state index contributed by atoms with van der Waals surface area (Å²) in [5.41, 5.74) is 2.73. The van der Waals surface area contributed by atoms with Crippen molar-refractivity contribution in [2.24, 2.45) is 0 Å². The summed E-state index contributed by atoms with van der Waals surface area (Å²) in [6.45, 7) is 8.28. The molecule has 1 N–H and O–H groups in total. The summed E-state index contributed by atoms with van der Waals surface area (Å²) >= 11 is 0. The number of rotatable bonds is 6. The zero-order valence-corrected chi connectivity index (χ0v) is 16.9. The second-order valence-corrected chi connectivity index (χ2v) is 7.45. The molecule has 1 aliphatic heterocycles. The van der Waals surface area contributed by atoms with Gasteiger partial charge in [0.25, 0.3) is 11.7 Å². The zero-order chi connectivity index (χ0) is 20.4. The predicted octanol–water partition coefficient (Wildman–Crippen LogP) is 4.82. The van der Waals surface area contributed by atoms with E-state index in [0.717, 1.165) is 30.4 Å². The van der Waals surface area contributed by atoms with E-state index in [1.54, 1.807) is 18.2 Å². The van der Waals surface area contributed by atoms with E-state index in [2.05, 4.69) is 6.92 Å². The van der Waals surface area contributed by atoms with E-state index in [4.69, 9.17) is 4.42 Å². The highest BCUT2D eigenvalue weighted by molar-refractivity contribution is 6.46. The number of amides is 1. The van der Waals surface area contributed by atoms with Crippen LogP contribution in [0.15, 0.2) is 40.3 Å². The molecule has 28 heavy (non-hydrogen) atoms. The van der Waals surface area contributed by atoms with Crippen LogP contribution in [0.2, 0.25) is 0 Å². The number of benzene rings is 1. The van der Waals surface area contributed by atoms with Crippen LogP contribution in [-0.4, -0.2) is 28.2 Å². The van der Waals surface area contributed by atoms with Crippen molar-refractivity contribution in [2.75, 3.05) is 6.54 Å². The molecule has 0 bridgehead atoms. The molecule has 1 unspecified atom stereocenters. The lowest BCUT2D eigenvalue weighted by molar-refractivity contribution is -0.140. The Bertz CT molecular complexity index is 938. The number of carbonyl (C=O) groups excluding carboxylic acids is 2. The van der Waals surface area contributed by atoms with E-state index in [1.165, 1.54) is 4.90 Å². The first-order valence-corrected chi connectivity index (χ1v) is 9.77. The Morgan fingerprint density at radius 1 is 1.07 bits per heavy atom. The van der Waals surface area contributed by atoms with Gasteiger partial charge in [0.2, 0.25) is 0 Å². The first-order valence-electron chi connectivity index (χ1n) is 9.77. The molecule has 1 aromatic heterocycles. The Hall–Kier alpha value is -2.82. The molecule has 2 heterocycles. The minimum atomic E-state index is -0.702. The van der Waals surface area contributed by atoms with Gasteiger partial charge >= 0.3 is 0 Å². The van der Waals surface area contributed by atoms with Crippen molar-refractivity contribution in [3.63, 3.8) is 0 Å². The Morgan fingerprint density at radius 3 is 2.43 bits per heavy atom. The van der Waals surface area contributed by atoms with Crippen molar-refractivity contribution in [1.82, 2.24) is 4.90 Å². The number of Topliss-reactive ketones (excluding diaryl/α,β-unsaturated/α-hetero) is 1. The minimum Gasteiger partial charge on any atom is -0.507 e. The van der Waals surface area contributed by atoms with E-state index in [0.29, 0.717) is 23.6 Å². The molecule has 1 saturated heterocycles.